The Hall–Kier alpha value is -2.80. The number of piperidine rings is 1. The summed E-state index contributed by atoms with van der Waals surface area (Å²) in [7, 11) is 0. The van der Waals surface area contributed by atoms with E-state index in [4.69, 9.17) is 4.98 Å². The Kier molecular flexibility index (Phi) is 4.31. The normalized spacial score (nSPS) is 17.5. The Balaban J connectivity index is 1.49. The van der Waals surface area contributed by atoms with Gasteiger partial charge in [-0.3, -0.25) is 4.79 Å². The number of aromatic nitrogens is 4. The van der Waals surface area contributed by atoms with E-state index in [0.29, 0.717) is 5.56 Å². The summed E-state index contributed by atoms with van der Waals surface area (Å²) >= 11 is 1.70. The van der Waals surface area contributed by atoms with E-state index in [1.165, 1.54) is 4.70 Å². The van der Waals surface area contributed by atoms with Gasteiger partial charge in [-0.25, -0.2) is 9.67 Å². The van der Waals surface area contributed by atoms with Crippen molar-refractivity contribution in [1.82, 2.24) is 24.9 Å². The average molecular weight is 392 g/mol. The van der Waals surface area contributed by atoms with Crippen LogP contribution in [0.1, 0.15) is 47.6 Å². The zero-order valence-corrected chi connectivity index (χ0v) is 16.5. The summed E-state index contributed by atoms with van der Waals surface area (Å²) in [4.78, 5) is 20.2. The highest BCUT2D eigenvalue weighted by Crippen LogP contribution is 2.36. The smallest absolute Gasteiger partial charge is 0.254 e. The number of hydrogen-bond acceptors (Lipinski definition) is 5. The molecule has 0 aliphatic carbocycles. The van der Waals surface area contributed by atoms with Crippen molar-refractivity contribution in [3.8, 4) is 0 Å². The zero-order chi connectivity index (χ0) is 19.1. The van der Waals surface area contributed by atoms with Gasteiger partial charge < -0.3 is 4.90 Å². The second kappa shape index (κ2) is 6.98. The minimum absolute atomic E-state index is 0.0423. The quantitative estimate of drug-likeness (QED) is 0.518. The van der Waals surface area contributed by atoms with E-state index in [2.05, 4.69) is 16.4 Å². The van der Waals surface area contributed by atoms with E-state index < -0.39 is 0 Å². The van der Waals surface area contributed by atoms with Crippen LogP contribution >= 0.6 is 11.3 Å². The van der Waals surface area contributed by atoms with Gasteiger partial charge in [-0.1, -0.05) is 17.3 Å². The molecule has 1 fully saturated rings. The molecule has 1 amide bonds. The van der Waals surface area contributed by atoms with Crippen molar-refractivity contribution in [3.63, 3.8) is 0 Å². The van der Waals surface area contributed by atoms with Crippen LogP contribution in [-0.4, -0.2) is 37.3 Å². The summed E-state index contributed by atoms with van der Waals surface area (Å²) in [5.74, 6) is 0.0527. The van der Waals surface area contributed by atoms with Crippen LogP contribution in [0.25, 0.3) is 21.3 Å². The van der Waals surface area contributed by atoms with Crippen molar-refractivity contribution in [1.29, 1.82) is 0 Å². The number of amides is 1. The largest absolute Gasteiger partial charge is 0.329 e. The SMILES string of the molecule is CCn1nnc2cc(C(=O)N3CCCCC3c3nc4ccccc4s3)ccc21. The maximum Gasteiger partial charge on any atom is 0.254 e. The molecule has 1 saturated heterocycles. The van der Waals surface area contributed by atoms with Crippen LogP contribution < -0.4 is 0 Å². The van der Waals surface area contributed by atoms with E-state index >= 15 is 0 Å². The van der Waals surface area contributed by atoms with Gasteiger partial charge in [-0.15, -0.1) is 16.4 Å². The third-order valence-electron chi connectivity index (χ3n) is 5.42. The lowest BCUT2D eigenvalue weighted by Gasteiger charge is -2.34. The summed E-state index contributed by atoms with van der Waals surface area (Å²) < 4.78 is 3.02. The highest BCUT2D eigenvalue weighted by molar-refractivity contribution is 7.18. The molecule has 1 unspecified atom stereocenters. The number of fused-ring (bicyclic) bond motifs is 2. The van der Waals surface area contributed by atoms with Gasteiger partial charge in [0.05, 0.1) is 21.8 Å². The van der Waals surface area contributed by atoms with Gasteiger partial charge in [0.25, 0.3) is 5.91 Å². The number of rotatable bonds is 3. The third-order valence-corrected chi connectivity index (χ3v) is 6.56. The fourth-order valence-electron chi connectivity index (χ4n) is 3.97. The van der Waals surface area contributed by atoms with Crippen LogP contribution in [0.5, 0.6) is 0 Å². The Labute approximate surface area is 166 Å². The van der Waals surface area contributed by atoms with E-state index in [-0.39, 0.29) is 11.9 Å². The number of benzene rings is 2. The van der Waals surface area contributed by atoms with Crippen LogP contribution in [0.4, 0.5) is 0 Å². The highest BCUT2D eigenvalue weighted by Gasteiger charge is 2.31. The lowest BCUT2D eigenvalue weighted by molar-refractivity contribution is 0.0611. The first-order valence-electron chi connectivity index (χ1n) is 9.74. The third kappa shape index (κ3) is 2.86. The molecule has 6 nitrogen and oxygen atoms in total. The van der Waals surface area contributed by atoms with Crippen molar-refractivity contribution in [2.24, 2.45) is 0 Å². The molecule has 2 aromatic heterocycles. The maximum atomic E-state index is 13.4. The number of para-hydroxylation sites is 1. The molecule has 4 aromatic rings. The van der Waals surface area contributed by atoms with Crippen LogP contribution in [0.2, 0.25) is 0 Å². The maximum absolute atomic E-state index is 13.4. The first-order valence-corrected chi connectivity index (χ1v) is 10.6. The molecule has 0 radical (unpaired) electrons. The van der Waals surface area contributed by atoms with Crippen molar-refractivity contribution in [2.75, 3.05) is 6.54 Å². The predicted molar refractivity (Wildman–Crippen MR) is 110 cm³/mol. The molecule has 0 spiro atoms. The number of thiazole rings is 1. The van der Waals surface area contributed by atoms with Gasteiger partial charge in [-0.2, -0.15) is 0 Å². The van der Waals surface area contributed by atoms with Gasteiger partial charge >= 0.3 is 0 Å². The second-order valence-corrected chi connectivity index (χ2v) is 8.20. The Morgan fingerprint density at radius 2 is 2.07 bits per heavy atom. The summed E-state index contributed by atoms with van der Waals surface area (Å²) in [6.45, 7) is 3.55. The van der Waals surface area contributed by atoms with E-state index in [9.17, 15) is 4.79 Å². The molecule has 1 aliphatic rings. The number of carbonyl (C=O) groups excluding carboxylic acids is 1. The monoisotopic (exact) mass is 391 g/mol. The predicted octanol–water partition coefficient (Wildman–Crippen LogP) is 4.43. The van der Waals surface area contributed by atoms with E-state index in [1.807, 2.05) is 52.9 Å². The fraction of sp³-hybridized carbons (Fsp3) is 0.333. The van der Waals surface area contributed by atoms with Crippen LogP contribution in [0.15, 0.2) is 42.5 Å². The summed E-state index contributed by atoms with van der Waals surface area (Å²) in [5.41, 5.74) is 3.41. The molecular weight excluding hydrogens is 370 g/mol. The highest BCUT2D eigenvalue weighted by atomic mass is 32.1. The molecule has 7 heteroatoms. The molecule has 3 heterocycles. The number of likely N-dealkylation sites (tertiary alicyclic amines) is 1. The number of hydrogen-bond donors (Lipinski definition) is 0. The Bertz CT molecular complexity index is 1130. The van der Waals surface area contributed by atoms with Crippen molar-refractivity contribution >= 4 is 38.5 Å². The van der Waals surface area contributed by atoms with Crippen LogP contribution in [-0.2, 0) is 6.54 Å². The number of carbonyl (C=O) groups is 1. The first kappa shape index (κ1) is 17.3. The van der Waals surface area contributed by atoms with Gasteiger partial charge in [0.2, 0.25) is 0 Å². The van der Waals surface area contributed by atoms with Crippen LogP contribution in [0.3, 0.4) is 0 Å². The van der Waals surface area contributed by atoms with E-state index in [1.54, 1.807) is 11.3 Å². The molecule has 1 atom stereocenters. The topological polar surface area (TPSA) is 63.9 Å². The van der Waals surface area contributed by atoms with Crippen molar-refractivity contribution in [3.05, 3.63) is 53.0 Å². The minimum Gasteiger partial charge on any atom is -0.329 e. The average Bonchev–Trinajstić information content (AvgIpc) is 3.36. The number of nitrogens with zero attached hydrogens (tertiary/aromatic N) is 5. The second-order valence-electron chi connectivity index (χ2n) is 7.14. The summed E-state index contributed by atoms with van der Waals surface area (Å²) in [5, 5.41) is 9.40. The number of aryl methyl sites for hydroxylation is 1. The molecule has 1 aliphatic heterocycles. The molecule has 28 heavy (non-hydrogen) atoms. The lowest BCUT2D eigenvalue weighted by Crippen LogP contribution is -2.38. The van der Waals surface area contributed by atoms with Crippen molar-refractivity contribution < 1.29 is 4.79 Å². The molecule has 0 N–H and O–H groups in total. The minimum atomic E-state index is 0.0423. The zero-order valence-electron chi connectivity index (χ0n) is 15.7. The molecule has 2 aromatic carbocycles. The molecular formula is C21H21N5OS. The standard InChI is InChI=1S/C21H21N5OS/c1-2-26-17-11-10-14(13-16(17)23-24-26)21(27)25-12-6-5-8-18(25)20-22-15-7-3-4-9-19(15)28-20/h3-4,7,9-11,13,18H,2,5-6,8,12H2,1H3. The van der Waals surface area contributed by atoms with Crippen LogP contribution in [0, 0.1) is 0 Å². The fourth-order valence-corrected chi connectivity index (χ4v) is 5.08. The van der Waals surface area contributed by atoms with Gasteiger partial charge in [0.1, 0.15) is 10.5 Å². The van der Waals surface area contributed by atoms with Gasteiger partial charge in [-0.05, 0) is 56.5 Å². The molecule has 5 rings (SSSR count). The van der Waals surface area contributed by atoms with Gasteiger partial charge in [0, 0.05) is 18.7 Å². The summed E-state index contributed by atoms with van der Waals surface area (Å²) in [6.07, 6.45) is 3.11. The molecule has 0 bridgehead atoms. The summed E-state index contributed by atoms with van der Waals surface area (Å²) in [6, 6.07) is 13.9. The Morgan fingerprint density at radius 3 is 2.93 bits per heavy atom. The Morgan fingerprint density at radius 1 is 1.18 bits per heavy atom. The van der Waals surface area contributed by atoms with Gasteiger partial charge in [0.15, 0.2) is 0 Å². The molecule has 0 saturated carbocycles. The van der Waals surface area contributed by atoms with Crippen molar-refractivity contribution in [2.45, 2.75) is 38.8 Å². The lowest BCUT2D eigenvalue weighted by atomic mass is 10.0. The molecule has 142 valence electrons. The first-order chi connectivity index (χ1) is 13.7. The van der Waals surface area contributed by atoms with E-state index in [0.717, 1.165) is 53.9 Å².